The number of aliphatic carboxylic acids is 1. The number of nitrogens with one attached hydrogen (secondary N) is 3. The molecule has 0 bridgehead atoms. The van der Waals surface area contributed by atoms with Crippen molar-refractivity contribution in [3.05, 3.63) is 10.4 Å². The van der Waals surface area contributed by atoms with Gasteiger partial charge < -0.3 is 32.3 Å². The number of aliphatic hydroxyl groups is 1. The van der Waals surface area contributed by atoms with Gasteiger partial charge in [0.25, 0.3) is 5.56 Å². The van der Waals surface area contributed by atoms with Crippen molar-refractivity contribution in [2.75, 3.05) is 22.5 Å². The highest BCUT2D eigenvalue weighted by atomic mass is 16.4. The number of aromatic amines is 1. The molecule has 1 aliphatic heterocycles. The second kappa shape index (κ2) is 9.54. The molecular formula is C17H27N7O6. The van der Waals surface area contributed by atoms with Crippen molar-refractivity contribution in [3.8, 4) is 0 Å². The van der Waals surface area contributed by atoms with Crippen molar-refractivity contribution >= 4 is 35.2 Å². The molecule has 0 aliphatic carbocycles. The summed E-state index contributed by atoms with van der Waals surface area (Å²) in [6.07, 6.45) is -0.890. The topological polar surface area (TPSA) is 217 Å². The van der Waals surface area contributed by atoms with Gasteiger partial charge in [0.1, 0.15) is 6.04 Å². The zero-order valence-corrected chi connectivity index (χ0v) is 16.7. The second-order valence-corrected chi connectivity index (χ2v) is 7.05. The molecule has 0 radical (unpaired) electrons. The Morgan fingerprint density at radius 3 is 2.67 bits per heavy atom. The lowest BCUT2D eigenvalue weighted by atomic mass is 10.0. The average molecular weight is 425 g/mol. The first kappa shape index (κ1) is 23.1. The van der Waals surface area contributed by atoms with E-state index in [2.05, 4.69) is 20.6 Å². The maximum Gasteiger partial charge on any atom is 0.325 e. The van der Waals surface area contributed by atoms with Crippen LogP contribution >= 0.6 is 0 Å². The highest BCUT2D eigenvalue weighted by Gasteiger charge is 2.37. The SMILES string of the molecule is CC[C@H](O)[C@H]1CNc2nc(N)[nH]c(=O)c2N1C(=O)CC[C@@H](N)C(=O)N[C@H](C)C(=O)O. The Balaban J connectivity index is 2.20. The molecule has 0 spiro atoms. The predicted molar refractivity (Wildman–Crippen MR) is 108 cm³/mol. The van der Waals surface area contributed by atoms with E-state index in [1.807, 2.05) is 0 Å². The maximum absolute atomic E-state index is 13.0. The summed E-state index contributed by atoms with van der Waals surface area (Å²) in [7, 11) is 0. The van der Waals surface area contributed by atoms with Gasteiger partial charge in [0.05, 0.1) is 18.2 Å². The van der Waals surface area contributed by atoms with Crippen molar-refractivity contribution in [3.63, 3.8) is 0 Å². The number of nitrogens with zero attached hydrogens (tertiary/aromatic N) is 2. The van der Waals surface area contributed by atoms with Gasteiger partial charge in [0.15, 0.2) is 11.5 Å². The second-order valence-electron chi connectivity index (χ2n) is 7.05. The molecule has 2 heterocycles. The van der Waals surface area contributed by atoms with Gasteiger partial charge in [-0.2, -0.15) is 4.98 Å². The standard InChI is InChI=1S/C17H27N7O6/c1-3-10(25)9-6-20-13-12(15(28)23-17(19)22-13)24(9)11(26)5-4-8(18)14(27)21-7(2)16(29)30/h7-10,25H,3-6,18H2,1-2H3,(H,21,27)(H,29,30)(H4,19,20,22,23,28)/t7-,8-,9-,10+/m1/s1. The number of nitrogen functional groups attached to an aromatic ring is 1. The number of carboxylic acid groups (broad SMARTS) is 1. The van der Waals surface area contributed by atoms with Gasteiger partial charge in [-0.05, 0) is 19.8 Å². The highest BCUT2D eigenvalue weighted by molar-refractivity contribution is 5.98. The zero-order valence-electron chi connectivity index (χ0n) is 16.7. The average Bonchev–Trinajstić information content (AvgIpc) is 2.69. The number of carboxylic acids is 1. The van der Waals surface area contributed by atoms with Crippen molar-refractivity contribution in [2.45, 2.75) is 57.3 Å². The minimum absolute atomic E-state index is 0.0736. The Labute approximate surface area is 171 Å². The van der Waals surface area contributed by atoms with Crippen LogP contribution in [0.2, 0.25) is 0 Å². The molecule has 0 saturated carbocycles. The van der Waals surface area contributed by atoms with Gasteiger partial charge in [-0.3, -0.25) is 29.1 Å². The number of hydrogen-bond donors (Lipinski definition) is 7. The van der Waals surface area contributed by atoms with Crippen molar-refractivity contribution in [1.82, 2.24) is 15.3 Å². The highest BCUT2D eigenvalue weighted by Crippen LogP contribution is 2.29. The summed E-state index contributed by atoms with van der Waals surface area (Å²) in [5, 5.41) is 24.3. The fourth-order valence-electron chi connectivity index (χ4n) is 3.09. The number of carbonyl (C=O) groups is 3. The zero-order chi connectivity index (χ0) is 22.6. The lowest BCUT2D eigenvalue weighted by molar-refractivity contribution is -0.141. The molecule has 2 amide bonds. The van der Waals surface area contributed by atoms with Gasteiger partial charge in [-0.15, -0.1) is 0 Å². The van der Waals surface area contributed by atoms with Crippen LogP contribution in [0.4, 0.5) is 17.5 Å². The number of nitrogens with two attached hydrogens (primary N) is 2. The first-order chi connectivity index (χ1) is 14.1. The molecule has 1 aromatic rings. The van der Waals surface area contributed by atoms with Crippen LogP contribution in [-0.2, 0) is 14.4 Å². The van der Waals surface area contributed by atoms with Crippen LogP contribution in [0.1, 0.15) is 33.1 Å². The smallest absolute Gasteiger partial charge is 0.325 e. The summed E-state index contributed by atoms with van der Waals surface area (Å²) >= 11 is 0. The summed E-state index contributed by atoms with van der Waals surface area (Å²) in [4.78, 5) is 55.8. The van der Waals surface area contributed by atoms with Gasteiger partial charge in [0, 0.05) is 13.0 Å². The molecule has 13 nitrogen and oxygen atoms in total. The van der Waals surface area contributed by atoms with Crippen molar-refractivity contribution in [2.24, 2.45) is 5.73 Å². The van der Waals surface area contributed by atoms with E-state index in [9.17, 15) is 24.3 Å². The monoisotopic (exact) mass is 425 g/mol. The third kappa shape index (κ3) is 5.04. The molecule has 0 saturated heterocycles. The number of fused-ring (bicyclic) bond motifs is 1. The molecular weight excluding hydrogens is 398 g/mol. The van der Waals surface area contributed by atoms with E-state index in [1.54, 1.807) is 6.92 Å². The number of aliphatic hydroxyl groups excluding tert-OH is 1. The molecule has 13 heteroatoms. The van der Waals surface area contributed by atoms with Crippen LogP contribution in [0.15, 0.2) is 4.79 Å². The number of amides is 2. The Kier molecular flexibility index (Phi) is 7.34. The maximum atomic E-state index is 13.0. The van der Waals surface area contributed by atoms with Crippen LogP contribution in [0.3, 0.4) is 0 Å². The number of H-pyrrole nitrogens is 1. The Morgan fingerprint density at radius 2 is 2.07 bits per heavy atom. The van der Waals surface area contributed by atoms with E-state index in [0.29, 0.717) is 6.42 Å². The number of carbonyl (C=O) groups excluding carboxylic acids is 2. The summed E-state index contributed by atoms with van der Waals surface area (Å²) < 4.78 is 0. The van der Waals surface area contributed by atoms with Crippen molar-refractivity contribution in [1.29, 1.82) is 0 Å². The van der Waals surface area contributed by atoms with E-state index >= 15 is 0 Å². The molecule has 30 heavy (non-hydrogen) atoms. The molecule has 1 aromatic heterocycles. The van der Waals surface area contributed by atoms with E-state index in [4.69, 9.17) is 16.6 Å². The number of aromatic nitrogens is 2. The fourth-order valence-corrected chi connectivity index (χ4v) is 3.09. The Morgan fingerprint density at radius 1 is 1.40 bits per heavy atom. The Bertz CT molecular complexity index is 873. The third-order valence-corrected chi connectivity index (χ3v) is 4.83. The van der Waals surface area contributed by atoms with Gasteiger partial charge >= 0.3 is 5.97 Å². The summed E-state index contributed by atoms with van der Waals surface area (Å²) in [6, 6.07) is -2.99. The molecule has 166 valence electrons. The van der Waals surface area contributed by atoms with Gasteiger partial charge in [0.2, 0.25) is 17.8 Å². The van der Waals surface area contributed by atoms with E-state index in [0.717, 1.165) is 4.90 Å². The van der Waals surface area contributed by atoms with Crippen molar-refractivity contribution < 1.29 is 24.6 Å². The van der Waals surface area contributed by atoms with E-state index in [1.165, 1.54) is 6.92 Å². The molecule has 4 atom stereocenters. The van der Waals surface area contributed by atoms with Gasteiger partial charge in [-0.25, -0.2) is 0 Å². The molecule has 0 aromatic carbocycles. The first-order valence-electron chi connectivity index (χ1n) is 9.49. The van der Waals surface area contributed by atoms with E-state index in [-0.39, 0.29) is 36.8 Å². The minimum atomic E-state index is -1.22. The Hall–Kier alpha value is -3.19. The number of rotatable bonds is 8. The molecule has 9 N–H and O–H groups in total. The lowest BCUT2D eigenvalue weighted by Gasteiger charge is -2.38. The normalized spacial score (nSPS) is 18.5. The van der Waals surface area contributed by atoms with Crippen LogP contribution in [0, 0.1) is 0 Å². The lowest BCUT2D eigenvalue weighted by Crippen LogP contribution is -2.56. The third-order valence-electron chi connectivity index (χ3n) is 4.83. The van der Waals surface area contributed by atoms with Gasteiger partial charge in [-0.1, -0.05) is 6.92 Å². The number of anilines is 3. The molecule has 1 aliphatic rings. The van der Waals surface area contributed by atoms with Crippen LogP contribution in [0.25, 0.3) is 0 Å². The minimum Gasteiger partial charge on any atom is -0.480 e. The largest absolute Gasteiger partial charge is 0.480 e. The molecule has 0 unspecified atom stereocenters. The van der Waals surface area contributed by atoms with Crippen LogP contribution in [0.5, 0.6) is 0 Å². The summed E-state index contributed by atoms with van der Waals surface area (Å²) in [5.74, 6) is -2.48. The van der Waals surface area contributed by atoms with Crippen LogP contribution in [-0.4, -0.2) is 68.7 Å². The summed E-state index contributed by atoms with van der Waals surface area (Å²) in [5.41, 5.74) is 10.6. The summed E-state index contributed by atoms with van der Waals surface area (Å²) in [6.45, 7) is 3.17. The fraction of sp³-hybridized carbons (Fsp3) is 0.588. The predicted octanol–water partition coefficient (Wildman–Crippen LogP) is -2.05. The van der Waals surface area contributed by atoms with E-state index < -0.39 is 47.6 Å². The quantitative estimate of drug-likeness (QED) is 0.242. The van der Waals surface area contributed by atoms with Crippen LogP contribution < -0.4 is 32.6 Å². The molecule has 0 fully saturated rings. The first-order valence-corrected chi connectivity index (χ1v) is 9.49. The molecule has 2 rings (SSSR count). The number of hydrogen-bond acceptors (Lipinski definition) is 9.